The van der Waals surface area contributed by atoms with E-state index >= 15 is 0 Å². The predicted octanol–water partition coefficient (Wildman–Crippen LogP) is 2.98. The Morgan fingerprint density at radius 2 is 2.07 bits per heavy atom. The fourth-order valence-corrected chi connectivity index (χ4v) is 2.23. The molecule has 0 saturated carbocycles. The topological polar surface area (TPSA) is 12.0 Å². The molecule has 0 fully saturated rings. The van der Waals surface area contributed by atoms with Gasteiger partial charge in [0.2, 0.25) is 0 Å². The van der Waals surface area contributed by atoms with Crippen molar-refractivity contribution in [1.29, 1.82) is 0 Å². The van der Waals surface area contributed by atoms with Crippen molar-refractivity contribution in [2.24, 2.45) is 5.92 Å². The molecule has 1 nitrogen and oxygen atoms in total. The molecule has 1 aliphatic heterocycles. The van der Waals surface area contributed by atoms with Crippen LogP contribution in [0.4, 0.5) is 8.78 Å². The standard InChI is InChI=1S/C11H19F2N/c1-4-8-5-6-14-10(11(12)13)9(8)7(2)3/h7,10-11,14H,4-6H2,1-3H3. The second-order valence-electron chi connectivity index (χ2n) is 4.08. The van der Waals surface area contributed by atoms with Crippen LogP contribution in [-0.2, 0) is 0 Å². The van der Waals surface area contributed by atoms with Crippen molar-refractivity contribution in [3.05, 3.63) is 11.1 Å². The quantitative estimate of drug-likeness (QED) is 0.695. The predicted molar refractivity (Wildman–Crippen MR) is 54.6 cm³/mol. The largest absolute Gasteiger partial charge is 0.305 e. The van der Waals surface area contributed by atoms with Gasteiger partial charge in [-0.3, -0.25) is 0 Å². The highest BCUT2D eigenvalue weighted by Gasteiger charge is 2.30. The second-order valence-corrected chi connectivity index (χ2v) is 4.08. The lowest BCUT2D eigenvalue weighted by molar-refractivity contribution is 0.106. The average Bonchev–Trinajstić information content (AvgIpc) is 2.16. The van der Waals surface area contributed by atoms with Crippen LogP contribution in [-0.4, -0.2) is 19.0 Å². The van der Waals surface area contributed by atoms with Crippen LogP contribution < -0.4 is 5.32 Å². The normalized spacial score (nSPS) is 23.8. The van der Waals surface area contributed by atoms with E-state index in [2.05, 4.69) is 5.32 Å². The van der Waals surface area contributed by atoms with Crippen LogP contribution in [0.5, 0.6) is 0 Å². The third-order valence-corrected chi connectivity index (χ3v) is 2.84. The minimum Gasteiger partial charge on any atom is -0.305 e. The summed E-state index contributed by atoms with van der Waals surface area (Å²) in [5, 5.41) is 2.91. The lowest BCUT2D eigenvalue weighted by Gasteiger charge is -2.31. The number of hydrogen-bond donors (Lipinski definition) is 1. The molecule has 14 heavy (non-hydrogen) atoms. The molecule has 0 aromatic heterocycles. The lowest BCUT2D eigenvalue weighted by atomic mass is 9.85. The van der Waals surface area contributed by atoms with E-state index in [0.717, 1.165) is 18.4 Å². The first-order valence-corrected chi connectivity index (χ1v) is 5.31. The molecule has 1 heterocycles. The first-order chi connectivity index (χ1) is 6.57. The van der Waals surface area contributed by atoms with Crippen molar-refractivity contribution in [1.82, 2.24) is 5.32 Å². The van der Waals surface area contributed by atoms with Gasteiger partial charge in [-0.2, -0.15) is 0 Å². The van der Waals surface area contributed by atoms with Gasteiger partial charge >= 0.3 is 0 Å². The summed E-state index contributed by atoms with van der Waals surface area (Å²) in [7, 11) is 0. The molecule has 0 aromatic carbocycles. The van der Waals surface area contributed by atoms with Gasteiger partial charge in [0.25, 0.3) is 6.43 Å². The van der Waals surface area contributed by atoms with E-state index in [1.54, 1.807) is 0 Å². The summed E-state index contributed by atoms with van der Waals surface area (Å²) >= 11 is 0. The number of nitrogens with one attached hydrogen (secondary N) is 1. The summed E-state index contributed by atoms with van der Waals surface area (Å²) in [6.45, 7) is 6.72. The van der Waals surface area contributed by atoms with Crippen molar-refractivity contribution in [3.63, 3.8) is 0 Å². The Morgan fingerprint density at radius 1 is 1.43 bits per heavy atom. The van der Waals surface area contributed by atoms with Gasteiger partial charge in [0, 0.05) is 0 Å². The Hall–Kier alpha value is -0.440. The van der Waals surface area contributed by atoms with Crippen LogP contribution >= 0.6 is 0 Å². The third kappa shape index (κ3) is 2.32. The van der Waals surface area contributed by atoms with Gasteiger partial charge in [0.1, 0.15) is 0 Å². The van der Waals surface area contributed by atoms with E-state index in [1.165, 1.54) is 5.57 Å². The number of alkyl halides is 2. The molecular weight excluding hydrogens is 184 g/mol. The van der Waals surface area contributed by atoms with Gasteiger partial charge in [-0.25, -0.2) is 8.78 Å². The molecular formula is C11H19F2N. The minimum atomic E-state index is -2.28. The molecule has 0 aliphatic carbocycles. The van der Waals surface area contributed by atoms with Crippen LogP contribution in [0.15, 0.2) is 11.1 Å². The van der Waals surface area contributed by atoms with Gasteiger partial charge in [-0.1, -0.05) is 26.3 Å². The maximum atomic E-state index is 12.7. The molecule has 1 aliphatic rings. The zero-order valence-electron chi connectivity index (χ0n) is 9.11. The van der Waals surface area contributed by atoms with Crippen molar-refractivity contribution in [3.8, 4) is 0 Å². The average molecular weight is 203 g/mol. The summed E-state index contributed by atoms with van der Waals surface area (Å²) in [5.41, 5.74) is 2.16. The molecule has 0 saturated heterocycles. The van der Waals surface area contributed by atoms with E-state index in [1.807, 2.05) is 20.8 Å². The molecule has 0 aromatic rings. The van der Waals surface area contributed by atoms with E-state index < -0.39 is 12.5 Å². The van der Waals surface area contributed by atoms with Crippen LogP contribution in [0.1, 0.15) is 33.6 Å². The fraction of sp³-hybridized carbons (Fsp3) is 0.818. The van der Waals surface area contributed by atoms with Gasteiger partial charge in [0.05, 0.1) is 6.04 Å². The first-order valence-electron chi connectivity index (χ1n) is 5.31. The summed E-state index contributed by atoms with van der Waals surface area (Å²) in [5.74, 6) is 0.219. The van der Waals surface area contributed by atoms with Crippen LogP contribution in [0.3, 0.4) is 0 Å². The summed E-state index contributed by atoms with van der Waals surface area (Å²) in [4.78, 5) is 0. The molecule has 0 bridgehead atoms. The molecule has 1 atom stereocenters. The highest BCUT2D eigenvalue weighted by molar-refractivity contribution is 5.25. The SMILES string of the molecule is CCC1=C(C(C)C)C(C(F)F)NCC1. The Kier molecular flexibility index (Phi) is 4.05. The van der Waals surface area contributed by atoms with Gasteiger partial charge in [-0.05, 0) is 30.9 Å². The molecule has 0 radical (unpaired) electrons. The third-order valence-electron chi connectivity index (χ3n) is 2.84. The fourth-order valence-electron chi connectivity index (χ4n) is 2.23. The first kappa shape index (κ1) is 11.6. The van der Waals surface area contributed by atoms with Gasteiger partial charge < -0.3 is 5.32 Å². The maximum Gasteiger partial charge on any atom is 0.257 e. The molecule has 1 N–H and O–H groups in total. The molecule has 0 amide bonds. The van der Waals surface area contributed by atoms with E-state index in [0.29, 0.717) is 6.54 Å². The van der Waals surface area contributed by atoms with Crippen molar-refractivity contribution < 1.29 is 8.78 Å². The summed E-state index contributed by atoms with van der Waals surface area (Å²) < 4.78 is 25.5. The zero-order valence-corrected chi connectivity index (χ0v) is 9.11. The van der Waals surface area contributed by atoms with Crippen molar-refractivity contribution in [2.45, 2.75) is 46.1 Å². The Balaban J connectivity index is 2.96. The highest BCUT2D eigenvalue weighted by Crippen LogP contribution is 2.29. The molecule has 1 rings (SSSR count). The lowest BCUT2D eigenvalue weighted by Crippen LogP contribution is -2.43. The second kappa shape index (κ2) is 4.87. The monoisotopic (exact) mass is 203 g/mol. The van der Waals surface area contributed by atoms with Crippen molar-refractivity contribution >= 4 is 0 Å². The molecule has 1 unspecified atom stereocenters. The maximum absolute atomic E-state index is 12.7. The number of hydrogen-bond acceptors (Lipinski definition) is 1. The smallest absolute Gasteiger partial charge is 0.257 e. The van der Waals surface area contributed by atoms with Gasteiger partial charge in [0.15, 0.2) is 0 Å². The number of halogens is 2. The van der Waals surface area contributed by atoms with Crippen LogP contribution in [0.25, 0.3) is 0 Å². The summed E-state index contributed by atoms with van der Waals surface area (Å²) in [6.07, 6.45) is -0.458. The Morgan fingerprint density at radius 3 is 2.50 bits per heavy atom. The van der Waals surface area contributed by atoms with E-state index in [9.17, 15) is 8.78 Å². The highest BCUT2D eigenvalue weighted by atomic mass is 19.3. The van der Waals surface area contributed by atoms with E-state index in [4.69, 9.17) is 0 Å². The Labute approximate surface area is 84.6 Å². The molecule has 82 valence electrons. The molecule has 0 spiro atoms. The van der Waals surface area contributed by atoms with Crippen LogP contribution in [0.2, 0.25) is 0 Å². The zero-order chi connectivity index (χ0) is 10.7. The Bertz CT molecular complexity index is 221. The van der Waals surface area contributed by atoms with Crippen LogP contribution in [0, 0.1) is 5.92 Å². The summed E-state index contributed by atoms with van der Waals surface area (Å²) in [6, 6.07) is -0.710. The number of rotatable bonds is 3. The van der Waals surface area contributed by atoms with Gasteiger partial charge in [-0.15, -0.1) is 0 Å². The molecule has 3 heteroatoms. The van der Waals surface area contributed by atoms with E-state index in [-0.39, 0.29) is 5.92 Å². The minimum absolute atomic E-state index is 0.219. The van der Waals surface area contributed by atoms with Crippen molar-refractivity contribution in [2.75, 3.05) is 6.54 Å².